The molecular formula is C15H20N2O4. The van der Waals surface area contributed by atoms with Crippen molar-refractivity contribution in [1.29, 1.82) is 0 Å². The minimum Gasteiger partial charge on any atom is -0.481 e. The van der Waals surface area contributed by atoms with Gasteiger partial charge in [0.05, 0.1) is 18.2 Å². The van der Waals surface area contributed by atoms with Crippen LogP contribution in [0.1, 0.15) is 36.7 Å². The van der Waals surface area contributed by atoms with Gasteiger partial charge in [0.15, 0.2) is 0 Å². The second kappa shape index (κ2) is 7.17. The van der Waals surface area contributed by atoms with Crippen molar-refractivity contribution in [2.24, 2.45) is 0 Å². The van der Waals surface area contributed by atoms with Crippen molar-refractivity contribution in [3.63, 3.8) is 0 Å². The third kappa shape index (κ3) is 4.01. The molecule has 1 aromatic rings. The molecule has 21 heavy (non-hydrogen) atoms. The maximum absolute atomic E-state index is 12.0. The van der Waals surface area contributed by atoms with E-state index in [1.807, 2.05) is 18.2 Å². The number of nitrogens with zero attached hydrogens (tertiary/aromatic N) is 2. The van der Waals surface area contributed by atoms with Gasteiger partial charge in [-0.05, 0) is 25.0 Å². The van der Waals surface area contributed by atoms with E-state index in [1.165, 1.54) is 7.11 Å². The van der Waals surface area contributed by atoms with E-state index in [0.29, 0.717) is 13.0 Å². The van der Waals surface area contributed by atoms with E-state index in [0.717, 1.165) is 24.2 Å². The Balaban J connectivity index is 2.11. The third-order valence-corrected chi connectivity index (χ3v) is 3.61. The van der Waals surface area contributed by atoms with Gasteiger partial charge < -0.3 is 14.7 Å². The zero-order valence-corrected chi connectivity index (χ0v) is 12.1. The number of amides is 1. The first-order valence-electron chi connectivity index (χ1n) is 7.08. The maximum Gasteiger partial charge on any atom is 0.303 e. The lowest BCUT2D eigenvalue weighted by molar-refractivity contribution is -0.137. The van der Waals surface area contributed by atoms with E-state index < -0.39 is 5.97 Å². The van der Waals surface area contributed by atoms with Crippen molar-refractivity contribution in [1.82, 2.24) is 9.88 Å². The largest absolute Gasteiger partial charge is 0.481 e. The molecule has 0 spiro atoms. The number of carbonyl (C=O) groups is 2. The number of likely N-dealkylation sites (tertiary alicyclic amines) is 1. The molecule has 0 bridgehead atoms. The highest BCUT2D eigenvalue weighted by Crippen LogP contribution is 2.30. The smallest absolute Gasteiger partial charge is 0.303 e. The van der Waals surface area contributed by atoms with Gasteiger partial charge in [0.25, 0.3) is 0 Å². The number of carbonyl (C=O) groups excluding carboxylic acids is 1. The van der Waals surface area contributed by atoms with Gasteiger partial charge in [0.2, 0.25) is 5.91 Å². The molecule has 0 aliphatic carbocycles. The van der Waals surface area contributed by atoms with Gasteiger partial charge in [-0.25, -0.2) is 0 Å². The number of aryl methyl sites for hydroxylation is 1. The average molecular weight is 292 g/mol. The summed E-state index contributed by atoms with van der Waals surface area (Å²) in [5.74, 6) is -0.863. The molecule has 0 saturated carbocycles. The monoisotopic (exact) mass is 292 g/mol. The van der Waals surface area contributed by atoms with Gasteiger partial charge >= 0.3 is 5.97 Å². The van der Waals surface area contributed by atoms with E-state index in [1.54, 1.807) is 4.90 Å². The number of hydrogen-bond acceptors (Lipinski definition) is 4. The molecule has 0 radical (unpaired) electrons. The summed E-state index contributed by atoms with van der Waals surface area (Å²) in [7, 11) is 1.51. The third-order valence-electron chi connectivity index (χ3n) is 3.61. The predicted molar refractivity (Wildman–Crippen MR) is 75.8 cm³/mol. The SMILES string of the molecule is COCC(=O)N1CCC[C@H]1c1cccc(CCC(=O)O)n1. The van der Waals surface area contributed by atoms with E-state index in [9.17, 15) is 9.59 Å². The Morgan fingerprint density at radius 1 is 1.48 bits per heavy atom. The first-order valence-corrected chi connectivity index (χ1v) is 7.08. The van der Waals surface area contributed by atoms with Gasteiger partial charge in [-0.1, -0.05) is 6.07 Å². The average Bonchev–Trinajstić information content (AvgIpc) is 2.95. The van der Waals surface area contributed by atoms with Crippen molar-refractivity contribution < 1.29 is 19.4 Å². The van der Waals surface area contributed by atoms with E-state index in [4.69, 9.17) is 9.84 Å². The Kier molecular flexibility index (Phi) is 5.27. The van der Waals surface area contributed by atoms with Crippen LogP contribution < -0.4 is 0 Å². The first kappa shape index (κ1) is 15.4. The van der Waals surface area contributed by atoms with Crippen LogP contribution in [0.3, 0.4) is 0 Å². The van der Waals surface area contributed by atoms with Crippen molar-refractivity contribution in [2.75, 3.05) is 20.3 Å². The first-order chi connectivity index (χ1) is 10.1. The summed E-state index contributed by atoms with van der Waals surface area (Å²) in [6.45, 7) is 0.795. The molecule has 1 aliphatic rings. The van der Waals surface area contributed by atoms with Crippen molar-refractivity contribution in [3.8, 4) is 0 Å². The highest BCUT2D eigenvalue weighted by atomic mass is 16.5. The molecule has 6 nitrogen and oxygen atoms in total. The second-order valence-corrected chi connectivity index (χ2v) is 5.13. The molecule has 1 amide bonds. The van der Waals surface area contributed by atoms with E-state index in [2.05, 4.69) is 4.98 Å². The Bertz CT molecular complexity index is 518. The van der Waals surface area contributed by atoms with Crippen LogP contribution in [0, 0.1) is 0 Å². The molecule has 2 rings (SSSR count). The van der Waals surface area contributed by atoms with Crippen molar-refractivity contribution in [2.45, 2.75) is 31.7 Å². The quantitative estimate of drug-likeness (QED) is 0.857. The molecule has 0 unspecified atom stereocenters. The molecule has 1 aromatic heterocycles. The highest BCUT2D eigenvalue weighted by Gasteiger charge is 2.30. The van der Waals surface area contributed by atoms with Crippen LogP contribution in [0.2, 0.25) is 0 Å². The Hall–Kier alpha value is -1.95. The Labute approximate surface area is 123 Å². The lowest BCUT2D eigenvalue weighted by atomic mass is 10.1. The number of aromatic nitrogens is 1. The summed E-state index contributed by atoms with van der Waals surface area (Å²) in [4.78, 5) is 29.0. The minimum atomic E-state index is -0.833. The van der Waals surface area contributed by atoms with Gasteiger partial charge in [-0.3, -0.25) is 14.6 Å². The van der Waals surface area contributed by atoms with E-state index >= 15 is 0 Å². The number of rotatable bonds is 6. The molecule has 114 valence electrons. The molecule has 1 fully saturated rings. The summed E-state index contributed by atoms with van der Waals surface area (Å²) in [5.41, 5.74) is 1.58. The molecule has 1 aliphatic heterocycles. The van der Waals surface area contributed by atoms with Gasteiger partial charge in [-0.15, -0.1) is 0 Å². The molecule has 1 saturated heterocycles. The molecule has 0 aromatic carbocycles. The van der Waals surface area contributed by atoms with Crippen LogP contribution >= 0.6 is 0 Å². The minimum absolute atomic E-state index is 0.0299. The van der Waals surface area contributed by atoms with Crippen LogP contribution in [0.5, 0.6) is 0 Å². The van der Waals surface area contributed by atoms with E-state index in [-0.39, 0.29) is 25.0 Å². The molecule has 1 atom stereocenters. The fourth-order valence-electron chi connectivity index (χ4n) is 2.64. The number of pyridine rings is 1. The fraction of sp³-hybridized carbons (Fsp3) is 0.533. The van der Waals surface area contributed by atoms with Gasteiger partial charge in [-0.2, -0.15) is 0 Å². The Morgan fingerprint density at radius 3 is 3.00 bits per heavy atom. The van der Waals surface area contributed by atoms with Crippen molar-refractivity contribution in [3.05, 3.63) is 29.6 Å². The van der Waals surface area contributed by atoms with Crippen molar-refractivity contribution >= 4 is 11.9 Å². The molecule has 6 heteroatoms. The standard InChI is InChI=1S/C15H20N2O4/c1-21-10-14(18)17-9-3-6-13(17)12-5-2-4-11(16-12)7-8-15(19)20/h2,4-5,13H,3,6-10H2,1H3,(H,19,20)/t13-/m0/s1. The number of methoxy groups -OCH3 is 1. The van der Waals surface area contributed by atoms with Crippen LogP contribution in [-0.2, 0) is 20.7 Å². The van der Waals surface area contributed by atoms with Gasteiger partial charge in [0.1, 0.15) is 6.61 Å². The maximum atomic E-state index is 12.0. The molecular weight excluding hydrogens is 272 g/mol. The number of carboxylic acid groups (broad SMARTS) is 1. The normalized spacial score (nSPS) is 18.0. The summed E-state index contributed by atoms with van der Waals surface area (Å²) >= 11 is 0. The second-order valence-electron chi connectivity index (χ2n) is 5.13. The number of ether oxygens (including phenoxy) is 1. The zero-order chi connectivity index (χ0) is 15.2. The topological polar surface area (TPSA) is 79.7 Å². The summed E-state index contributed by atoms with van der Waals surface area (Å²) in [6.07, 6.45) is 2.29. The van der Waals surface area contributed by atoms with Gasteiger partial charge in [0, 0.05) is 25.8 Å². The number of hydrogen-bond donors (Lipinski definition) is 1. The number of carboxylic acids is 1. The van der Waals surface area contributed by atoms with Crippen LogP contribution in [0.4, 0.5) is 0 Å². The summed E-state index contributed by atoms with van der Waals surface area (Å²) < 4.78 is 4.91. The van der Waals surface area contributed by atoms with Crippen LogP contribution in [-0.4, -0.2) is 47.1 Å². The molecule has 2 heterocycles. The lowest BCUT2D eigenvalue weighted by Crippen LogP contribution is -2.33. The summed E-state index contributed by atoms with van der Waals surface area (Å²) in [5, 5.41) is 8.73. The highest BCUT2D eigenvalue weighted by molar-refractivity contribution is 5.78. The lowest BCUT2D eigenvalue weighted by Gasteiger charge is -2.24. The number of aliphatic carboxylic acids is 1. The predicted octanol–water partition coefficient (Wildman–Crippen LogP) is 1.41. The zero-order valence-electron chi connectivity index (χ0n) is 12.1. The summed E-state index contributed by atoms with van der Waals surface area (Å²) in [6, 6.07) is 5.56. The Morgan fingerprint density at radius 2 is 2.29 bits per heavy atom. The molecule has 1 N–H and O–H groups in total. The van der Waals surface area contributed by atoms with Crippen LogP contribution in [0.25, 0.3) is 0 Å². The fourth-order valence-corrected chi connectivity index (χ4v) is 2.64. The van der Waals surface area contributed by atoms with Crippen LogP contribution in [0.15, 0.2) is 18.2 Å².